The van der Waals surface area contributed by atoms with Crippen LogP contribution in [-0.2, 0) is 19.1 Å². The maximum absolute atomic E-state index is 12.3. The zero-order chi connectivity index (χ0) is 18.4. The number of nitrogens with one attached hydrogen (secondary N) is 1. The Morgan fingerprint density at radius 2 is 2.04 bits per heavy atom. The fourth-order valence-corrected chi connectivity index (χ4v) is 2.57. The molecule has 2 amide bonds. The largest absolute Gasteiger partial charge is 0.495 e. The second kappa shape index (κ2) is 8.50. The van der Waals surface area contributed by atoms with Crippen molar-refractivity contribution in [1.82, 2.24) is 5.32 Å². The molecule has 7 nitrogen and oxygen atoms in total. The lowest BCUT2D eigenvalue weighted by molar-refractivity contribution is -0.152. The molecule has 1 atom stereocenters. The number of rotatable bonds is 7. The number of esters is 1. The number of nitrogens with zero attached hydrogens (tertiary/aromatic N) is 1. The molecule has 1 aliphatic heterocycles. The topological polar surface area (TPSA) is 84.9 Å². The summed E-state index contributed by atoms with van der Waals surface area (Å²) >= 11 is 0. The monoisotopic (exact) mass is 348 g/mol. The van der Waals surface area contributed by atoms with Crippen LogP contribution in [0.3, 0.4) is 0 Å². The summed E-state index contributed by atoms with van der Waals surface area (Å²) in [6.07, 6.45) is 0.0600. The highest BCUT2D eigenvalue weighted by molar-refractivity contribution is 6.00. The first-order chi connectivity index (χ1) is 11.9. The number of benzene rings is 1. The van der Waals surface area contributed by atoms with Crippen LogP contribution < -0.4 is 15.0 Å². The van der Waals surface area contributed by atoms with Gasteiger partial charge in [0.2, 0.25) is 5.91 Å². The summed E-state index contributed by atoms with van der Waals surface area (Å²) in [5, 5.41) is 2.68. The molecule has 0 spiro atoms. The van der Waals surface area contributed by atoms with Crippen LogP contribution in [0.4, 0.5) is 5.69 Å². The molecule has 25 heavy (non-hydrogen) atoms. The van der Waals surface area contributed by atoms with E-state index >= 15 is 0 Å². The van der Waals surface area contributed by atoms with Crippen molar-refractivity contribution in [3.63, 3.8) is 0 Å². The Balaban J connectivity index is 1.91. The first-order valence-corrected chi connectivity index (χ1v) is 8.29. The summed E-state index contributed by atoms with van der Waals surface area (Å²) in [4.78, 5) is 37.5. The smallest absolute Gasteiger partial charge is 0.311 e. The van der Waals surface area contributed by atoms with Crippen LogP contribution in [0.1, 0.15) is 20.3 Å². The molecule has 1 aliphatic rings. The highest BCUT2D eigenvalue weighted by atomic mass is 16.5. The maximum Gasteiger partial charge on any atom is 0.311 e. The van der Waals surface area contributed by atoms with Crippen molar-refractivity contribution in [1.29, 1.82) is 0 Å². The molecular formula is C18H24N2O5. The second-order valence-electron chi connectivity index (χ2n) is 6.38. The summed E-state index contributed by atoms with van der Waals surface area (Å²) in [7, 11) is 1.53. The summed E-state index contributed by atoms with van der Waals surface area (Å²) in [5.74, 6) is -0.746. The van der Waals surface area contributed by atoms with E-state index in [1.807, 2.05) is 19.9 Å². The van der Waals surface area contributed by atoms with Crippen molar-refractivity contribution >= 4 is 23.5 Å². The molecular weight excluding hydrogens is 324 g/mol. The van der Waals surface area contributed by atoms with Gasteiger partial charge >= 0.3 is 5.97 Å². The number of hydrogen-bond acceptors (Lipinski definition) is 5. The van der Waals surface area contributed by atoms with E-state index in [1.54, 1.807) is 18.2 Å². The lowest BCUT2D eigenvalue weighted by Gasteiger charge is -2.19. The van der Waals surface area contributed by atoms with Gasteiger partial charge < -0.3 is 19.7 Å². The molecule has 136 valence electrons. The van der Waals surface area contributed by atoms with E-state index in [0.29, 0.717) is 23.9 Å². The first kappa shape index (κ1) is 18.8. The number of ether oxygens (including phenoxy) is 2. The Morgan fingerprint density at radius 1 is 1.32 bits per heavy atom. The van der Waals surface area contributed by atoms with Crippen LogP contribution in [0, 0.1) is 11.8 Å². The third-order valence-electron chi connectivity index (χ3n) is 3.89. The standard InChI is InChI=1S/C18H24N2O5/c1-12(2)9-19-16(21)11-25-18(23)13-8-17(22)20(10-13)14-6-4-5-7-15(14)24-3/h4-7,12-13H,8-11H2,1-3H3,(H,19,21)/t13-/m1/s1. The number of para-hydroxylation sites is 2. The highest BCUT2D eigenvalue weighted by Crippen LogP contribution is 2.32. The van der Waals surface area contributed by atoms with Crippen molar-refractivity contribution in [2.75, 3.05) is 31.7 Å². The van der Waals surface area contributed by atoms with Crippen LogP contribution in [0.5, 0.6) is 5.75 Å². The summed E-state index contributed by atoms with van der Waals surface area (Å²) in [6, 6.07) is 7.14. The van der Waals surface area contributed by atoms with Gasteiger partial charge in [-0.15, -0.1) is 0 Å². The molecule has 1 fully saturated rings. The average Bonchev–Trinajstić information content (AvgIpc) is 2.99. The van der Waals surface area contributed by atoms with Gasteiger partial charge in [0.05, 0.1) is 18.7 Å². The normalized spacial score (nSPS) is 16.9. The summed E-state index contributed by atoms with van der Waals surface area (Å²) in [5.41, 5.74) is 0.625. The minimum absolute atomic E-state index is 0.0600. The molecule has 1 heterocycles. The molecule has 1 aromatic carbocycles. The van der Waals surface area contributed by atoms with Crippen LogP contribution in [-0.4, -0.2) is 44.6 Å². The second-order valence-corrected chi connectivity index (χ2v) is 6.38. The van der Waals surface area contributed by atoms with Crippen molar-refractivity contribution in [3.05, 3.63) is 24.3 Å². The molecule has 0 aliphatic carbocycles. The van der Waals surface area contributed by atoms with Crippen molar-refractivity contribution in [2.45, 2.75) is 20.3 Å². The first-order valence-electron chi connectivity index (χ1n) is 8.29. The Morgan fingerprint density at radius 3 is 2.72 bits per heavy atom. The Labute approximate surface area is 147 Å². The Bertz CT molecular complexity index is 644. The zero-order valence-electron chi connectivity index (χ0n) is 14.8. The minimum Gasteiger partial charge on any atom is -0.495 e. The quantitative estimate of drug-likeness (QED) is 0.752. The Hall–Kier alpha value is -2.57. The van der Waals surface area contributed by atoms with Gasteiger partial charge in [-0.1, -0.05) is 26.0 Å². The summed E-state index contributed by atoms with van der Waals surface area (Å²) in [6.45, 7) is 4.36. The number of carbonyl (C=O) groups excluding carboxylic acids is 3. The predicted octanol–water partition coefficient (Wildman–Crippen LogP) is 1.36. The van der Waals surface area contributed by atoms with E-state index < -0.39 is 11.9 Å². The van der Waals surface area contributed by atoms with Crippen LogP contribution >= 0.6 is 0 Å². The van der Waals surface area contributed by atoms with E-state index in [9.17, 15) is 14.4 Å². The molecule has 1 aromatic rings. The van der Waals surface area contributed by atoms with E-state index in [4.69, 9.17) is 9.47 Å². The Kier molecular flexibility index (Phi) is 6.38. The average molecular weight is 348 g/mol. The molecule has 0 saturated carbocycles. The van der Waals surface area contributed by atoms with Crippen LogP contribution in [0.15, 0.2) is 24.3 Å². The number of carbonyl (C=O) groups is 3. The fraction of sp³-hybridized carbons (Fsp3) is 0.500. The predicted molar refractivity (Wildman–Crippen MR) is 92.3 cm³/mol. The van der Waals surface area contributed by atoms with Crippen LogP contribution in [0.2, 0.25) is 0 Å². The minimum atomic E-state index is -0.588. The number of hydrogen-bond donors (Lipinski definition) is 1. The molecule has 0 unspecified atom stereocenters. The van der Waals surface area contributed by atoms with Gasteiger partial charge in [0.25, 0.3) is 5.91 Å². The zero-order valence-corrected chi connectivity index (χ0v) is 14.8. The molecule has 2 rings (SSSR count). The number of anilines is 1. The lowest BCUT2D eigenvalue weighted by Crippen LogP contribution is -2.33. The van der Waals surface area contributed by atoms with Gasteiger partial charge in [-0.25, -0.2) is 0 Å². The third kappa shape index (κ3) is 4.95. The van der Waals surface area contributed by atoms with Gasteiger partial charge in [-0.2, -0.15) is 0 Å². The summed E-state index contributed by atoms with van der Waals surface area (Å²) < 4.78 is 10.3. The van der Waals surface area contributed by atoms with Gasteiger partial charge in [0.15, 0.2) is 6.61 Å². The van der Waals surface area contributed by atoms with E-state index in [-0.39, 0.29) is 31.4 Å². The van der Waals surface area contributed by atoms with E-state index in [1.165, 1.54) is 12.0 Å². The third-order valence-corrected chi connectivity index (χ3v) is 3.89. The van der Waals surface area contributed by atoms with E-state index in [2.05, 4.69) is 5.32 Å². The maximum atomic E-state index is 12.3. The van der Waals surface area contributed by atoms with Gasteiger partial charge in [0.1, 0.15) is 5.75 Å². The fourth-order valence-electron chi connectivity index (χ4n) is 2.57. The SMILES string of the molecule is COc1ccccc1N1C[C@H](C(=O)OCC(=O)NCC(C)C)CC1=O. The lowest BCUT2D eigenvalue weighted by atomic mass is 10.1. The molecule has 1 saturated heterocycles. The molecule has 7 heteroatoms. The number of amides is 2. The molecule has 0 radical (unpaired) electrons. The molecule has 0 bridgehead atoms. The van der Waals surface area contributed by atoms with Crippen molar-refractivity contribution in [2.24, 2.45) is 11.8 Å². The number of methoxy groups -OCH3 is 1. The highest BCUT2D eigenvalue weighted by Gasteiger charge is 2.37. The molecule has 1 N–H and O–H groups in total. The molecule has 0 aromatic heterocycles. The van der Waals surface area contributed by atoms with E-state index in [0.717, 1.165) is 0 Å². The van der Waals surface area contributed by atoms with Crippen molar-refractivity contribution < 1.29 is 23.9 Å². The van der Waals surface area contributed by atoms with Crippen molar-refractivity contribution in [3.8, 4) is 5.75 Å². The van der Waals surface area contributed by atoms with Crippen LogP contribution in [0.25, 0.3) is 0 Å². The van der Waals surface area contributed by atoms with Gasteiger partial charge in [-0.3, -0.25) is 14.4 Å². The van der Waals surface area contributed by atoms with Gasteiger partial charge in [-0.05, 0) is 18.1 Å². The van der Waals surface area contributed by atoms with Gasteiger partial charge in [0, 0.05) is 19.5 Å².